The zero-order valence-corrected chi connectivity index (χ0v) is 4.82. The van der Waals surface area contributed by atoms with Crippen LogP contribution in [0.15, 0.2) is 0 Å². The van der Waals surface area contributed by atoms with Gasteiger partial charge in [-0.2, -0.15) is 0 Å². The molecule has 0 aromatic heterocycles. The number of rotatable bonds is 2. The topological polar surface area (TPSA) is 20.2 Å². The second kappa shape index (κ2) is 4.61. The highest BCUT2D eigenvalue weighted by atomic mass is 19.1. The molecule has 2 heteroatoms. The van der Waals surface area contributed by atoms with Crippen LogP contribution >= 0.6 is 0 Å². The van der Waals surface area contributed by atoms with Crippen molar-refractivity contribution in [3.8, 4) is 11.8 Å². The van der Waals surface area contributed by atoms with Gasteiger partial charge < -0.3 is 5.11 Å². The standard InChI is InChI=1S/C6H9FO/c1-2-3-4-6(7)5-8/h6,8H,4-5H2,1H3/t6-/m0/s1. The molecule has 0 aliphatic rings. The molecule has 0 bridgehead atoms. The summed E-state index contributed by atoms with van der Waals surface area (Å²) in [5.41, 5.74) is 0. The summed E-state index contributed by atoms with van der Waals surface area (Å²) in [5, 5.41) is 8.12. The van der Waals surface area contributed by atoms with E-state index < -0.39 is 12.8 Å². The van der Waals surface area contributed by atoms with Gasteiger partial charge in [-0.1, -0.05) is 0 Å². The summed E-state index contributed by atoms with van der Waals surface area (Å²) < 4.78 is 12.0. The average Bonchev–Trinajstić information content (AvgIpc) is 1.83. The van der Waals surface area contributed by atoms with Crippen LogP contribution in [0.2, 0.25) is 0 Å². The lowest BCUT2D eigenvalue weighted by Crippen LogP contribution is -2.03. The minimum Gasteiger partial charge on any atom is -0.393 e. The molecule has 1 atom stereocenters. The van der Waals surface area contributed by atoms with Crippen LogP contribution in [0.5, 0.6) is 0 Å². The van der Waals surface area contributed by atoms with Crippen LogP contribution in [0.1, 0.15) is 13.3 Å². The molecule has 0 radical (unpaired) electrons. The lowest BCUT2D eigenvalue weighted by molar-refractivity contribution is 0.181. The van der Waals surface area contributed by atoms with E-state index in [0.29, 0.717) is 0 Å². The first-order chi connectivity index (χ1) is 3.81. The molecule has 0 aliphatic carbocycles. The van der Waals surface area contributed by atoms with Crippen molar-refractivity contribution in [1.82, 2.24) is 0 Å². The van der Waals surface area contributed by atoms with Gasteiger partial charge in [0.05, 0.1) is 6.61 Å². The summed E-state index contributed by atoms with van der Waals surface area (Å²) in [7, 11) is 0. The van der Waals surface area contributed by atoms with Gasteiger partial charge in [0.15, 0.2) is 0 Å². The highest BCUT2D eigenvalue weighted by Crippen LogP contribution is 1.92. The van der Waals surface area contributed by atoms with E-state index in [1.165, 1.54) is 0 Å². The normalized spacial score (nSPS) is 11.9. The molecule has 0 aliphatic heterocycles. The quantitative estimate of drug-likeness (QED) is 0.527. The molecule has 0 heterocycles. The molecule has 0 unspecified atom stereocenters. The average molecular weight is 116 g/mol. The Labute approximate surface area is 48.5 Å². The summed E-state index contributed by atoms with van der Waals surface area (Å²) in [6.45, 7) is 1.22. The van der Waals surface area contributed by atoms with Crippen molar-refractivity contribution in [1.29, 1.82) is 0 Å². The first-order valence-corrected chi connectivity index (χ1v) is 2.45. The largest absolute Gasteiger partial charge is 0.393 e. The molecule has 46 valence electrons. The summed E-state index contributed by atoms with van der Waals surface area (Å²) in [5.74, 6) is 5.05. The van der Waals surface area contributed by atoms with Gasteiger partial charge >= 0.3 is 0 Å². The van der Waals surface area contributed by atoms with E-state index in [4.69, 9.17) is 5.11 Å². The Morgan fingerprint density at radius 3 is 2.75 bits per heavy atom. The number of alkyl halides is 1. The minimum atomic E-state index is -1.16. The summed E-state index contributed by atoms with van der Waals surface area (Å²) in [6, 6.07) is 0. The molecule has 0 aromatic carbocycles. The maximum atomic E-state index is 12.0. The van der Waals surface area contributed by atoms with E-state index in [-0.39, 0.29) is 6.42 Å². The number of halogens is 1. The molecule has 0 saturated heterocycles. The van der Waals surface area contributed by atoms with Gasteiger partial charge in [0.2, 0.25) is 0 Å². The fourth-order valence-corrected chi connectivity index (χ4v) is 0.277. The first-order valence-electron chi connectivity index (χ1n) is 2.45. The number of aliphatic hydroxyl groups excluding tert-OH is 1. The van der Waals surface area contributed by atoms with Gasteiger partial charge in [-0.05, 0) is 6.92 Å². The van der Waals surface area contributed by atoms with Gasteiger partial charge in [-0.3, -0.25) is 0 Å². The van der Waals surface area contributed by atoms with Gasteiger partial charge in [-0.25, -0.2) is 4.39 Å². The third kappa shape index (κ3) is 3.63. The fourth-order valence-electron chi connectivity index (χ4n) is 0.277. The zero-order chi connectivity index (χ0) is 6.41. The summed E-state index contributed by atoms with van der Waals surface area (Å²) in [6.07, 6.45) is -1.02. The molecule has 1 nitrogen and oxygen atoms in total. The monoisotopic (exact) mass is 116 g/mol. The Bertz CT molecular complexity index is 101. The summed E-state index contributed by atoms with van der Waals surface area (Å²) in [4.78, 5) is 0. The van der Waals surface area contributed by atoms with Crippen LogP contribution in [0.25, 0.3) is 0 Å². The first kappa shape index (κ1) is 7.45. The third-order valence-corrected chi connectivity index (χ3v) is 0.698. The Morgan fingerprint density at radius 1 is 1.75 bits per heavy atom. The minimum absolute atomic E-state index is 0.146. The highest BCUT2D eigenvalue weighted by molar-refractivity contribution is 4.96. The van der Waals surface area contributed by atoms with Crippen molar-refractivity contribution in [3.05, 3.63) is 0 Å². The smallest absolute Gasteiger partial charge is 0.134 e. The highest BCUT2D eigenvalue weighted by Gasteiger charge is 1.98. The van der Waals surface area contributed by atoms with E-state index in [9.17, 15) is 4.39 Å². The van der Waals surface area contributed by atoms with Crippen molar-refractivity contribution in [2.75, 3.05) is 6.61 Å². The van der Waals surface area contributed by atoms with Crippen molar-refractivity contribution in [2.24, 2.45) is 0 Å². The van der Waals surface area contributed by atoms with Crippen LogP contribution in [-0.2, 0) is 0 Å². The van der Waals surface area contributed by atoms with Crippen LogP contribution in [0.4, 0.5) is 4.39 Å². The molecular formula is C6H9FO. The predicted octanol–water partition coefficient (Wildman–Crippen LogP) is 0.730. The molecule has 1 N–H and O–H groups in total. The van der Waals surface area contributed by atoms with Crippen LogP contribution in [0, 0.1) is 11.8 Å². The van der Waals surface area contributed by atoms with Gasteiger partial charge in [-0.15, -0.1) is 11.8 Å². The number of hydrogen-bond acceptors (Lipinski definition) is 1. The van der Waals surface area contributed by atoms with E-state index in [0.717, 1.165) is 0 Å². The lowest BCUT2D eigenvalue weighted by Gasteiger charge is -1.93. The predicted molar refractivity (Wildman–Crippen MR) is 30.0 cm³/mol. The van der Waals surface area contributed by atoms with Crippen LogP contribution < -0.4 is 0 Å². The summed E-state index contributed by atoms with van der Waals surface area (Å²) >= 11 is 0. The molecule has 8 heavy (non-hydrogen) atoms. The number of hydrogen-bond donors (Lipinski definition) is 1. The molecule has 0 aromatic rings. The Hall–Kier alpha value is -0.550. The van der Waals surface area contributed by atoms with Crippen molar-refractivity contribution < 1.29 is 9.50 Å². The maximum Gasteiger partial charge on any atom is 0.134 e. The van der Waals surface area contributed by atoms with E-state index in [1.54, 1.807) is 6.92 Å². The molecule has 0 fully saturated rings. The second-order valence-corrected chi connectivity index (χ2v) is 1.41. The van der Waals surface area contributed by atoms with E-state index in [2.05, 4.69) is 11.8 Å². The van der Waals surface area contributed by atoms with Gasteiger partial charge in [0, 0.05) is 6.42 Å². The fraction of sp³-hybridized carbons (Fsp3) is 0.667. The number of aliphatic hydroxyl groups is 1. The molecular weight excluding hydrogens is 107 g/mol. The van der Waals surface area contributed by atoms with Crippen molar-refractivity contribution in [3.63, 3.8) is 0 Å². The molecule has 0 amide bonds. The second-order valence-electron chi connectivity index (χ2n) is 1.41. The van der Waals surface area contributed by atoms with Crippen LogP contribution in [0.3, 0.4) is 0 Å². The van der Waals surface area contributed by atoms with E-state index in [1.807, 2.05) is 0 Å². The van der Waals surface area contributed by atoms with Crippen LogP contribution in [-0.4, -0.2) is 17.9 Å². The maximum absolute atomic E-state index is 12.0. The Morgan fingerprint density at radius 2 is 2.38 bits per heavy atom. The Kier molecular flexibility index (Phi) is 4.29. The Balaban J connectivity index is 3.19. The lowest BCUT2D eigenvalue weighted by atomic mass is 10.3. The van der Waals surface area contributed by atoms with Crippen molar-refractivity contribution in [2.45, 2.75) is 19.5 Å². The van der Waals surface area contributed by atoms with Gasteiger partial charge in [0.25, 0.3) is 0 Å². The molecule has 0 spiro atoms. The third-order valence-electron chi connectivity index (χ3n) is 0.698. The van der Waals surface area contributed by atoms with Crippen molar-refractivity contribution >= 4 is 0 Å². The van der Waals surface area contributed by atoms with Gasteiger partial charge in [0.1, 0.15) is 6.17 Å². The molecule has 0 saturated carbocycles. The molecule has 0 rings (SSSR count). The zero-order valence-electron chi connectivity index (χ0n) is 4.82. The SMILES string of the molecule is CC#CC[C@H](F)CO. The van der Waals surface area contributed by atoms with E-state index >= 15 is 0 Å².